The summed E-state index contributed by atoms with van der Waals surface area (Å²) >= 11 is 0. The van der Waals surface area contributed by atoms with Crippen molar-refractivity contribution in [2.75, 3.05) is 9.62 Å². The monoisotopic (exact) mass is 366 g/mol. The molecule has 0 unspecified atom stereocenters. The van der Waals surface area contributed by atoms with Crippen molar-refractivity contribution in [2.45, 2.75) is 31.2 Å². The van der Waals surface area contributed by atoms with Crippen LogP contribution in [0.2, 0.25) is 0 Å². The molecule has 0 aliphatic carbocycles. The van der Waals surface area contributed by atoms with Crippen LogP contribution >= 0.6 is 0 Å². The second-order valence-corrected chi connectivity index (χ2v) is 7.65. The van der Waals surface area contributed by atoms with Crippen molar-refractivity contribution in [3.63, 3.8) is 0 Å². The van der Waals surface area contributed by atoms with Gasteiger partial charge in [0, 0.05) is 24.7 Å². The normalized spacial score (nSPS) is 16.6. The number of nitrogens with zero attached hydrogens (tertiary/aromatic N) is 1. The van der Waals surface area contributed by atoms with Crippen molar-refractivity contribution in [3.05, 3.63) is 53.6 Å². The van der Waals surface area contributed by atoms with Crippen LogP contribution in [0.25, 0.3) is 0 Å². The second kappa shape index (κ2) is 6.11. The number of fused-ring (bicyclic) bond motifs is 1. The molecule has 0 aromatic heterocycles. The smallest absolute Gasteiger partial charge is 0.261 e. The number of amides is 1. The topological polar surface area (TPSA) is 66.5 Å². The molecule has 0 bridgehead atoms. The van der Waals surface area contributed by atoms with E-state index in [9.17, 15) is 22.0 Å². The summed E-state index contributed by atoms with van der Waals surface area (Å²) in [5, 5.41) is 0. The summed E-state index contributed by atoms with van der Waals surface area (Å²) in [6, 6.07) is 7.18. The molecule has 1 aliphatic rings. The maximum absolute atomic E-state index is 13.3. The van der Waals surface area contributed by atoms with E-state index in [1.54, 1.807) is 11.0 Å². The largest absolute Gasteiger partial charge is 0.309 e. The standard InChI is InChI=1S/C17H16F2N2O3S/c1-10-7-12-8-14(4-6-17(12)21(10)11(2)22)25(23,24)20-13-3-5-15(18)16(19)9-13/h3-6,8-10,20H,7H2,1-2H3/t10-/m0/s1. The van der Waals surface area contributed by atoms with E-state index in [-0.39, 0.29) is 22.5 Å². The Morgan fingerprint density at radius 3 is 2.52 bits per heavy atom. The Morgan fingerprint density at radius 2 is 1.88 bits per heavy atom. The predicted octanol–water partition coefficient (Wildman–Crippen LogP) is 3.06. The molecule has 1 amide bonds. The molecule has 1 N–H and O–H groups in total. The van der Waals surface area contributed by atoms with E-state index in [2.05, 4.69) is 4.72 Å². The Balaban J connectivity index is 1.93. The Labute approximate surface area is 144 Å². The summed E-state index contributed by atoms with van der Waals surface area (Å²) in [7, 11) is -3.96. The van der Waals surface area contributed by atoms with Crippen LogP contribution < -0.4 is 9.62 Å². The maximum Gasteiger partial charge on any atom is 0.261 e. The van der Waals surface area contributed by atoms with Crippen LogP contribution in [0.5, 0.6) is 0 Å². The van der Waals surface area contributed by atoms with Gasteiger partial charge < -0.3 is 4.90 Å². The van der Waals surface area contributed by atoms with Crippen molar-refractivity contribution in [2.24, 2.45) is 0 Å². The van der Waals surface area contributed by atoms with Gasteiger partial charge in [-0.05, 0) is 49.2 Å². The van der Waals surface area contributed by atoms with Crippen molar-refractivity contribution >= 4 is 27.3 Å². The molecule has 0 radical (unpaired) electrons. The number of halogens is 2. The fourth-order valence-electron chi connectivity index (χ4n) is 3.03. The lowest BCUT2D eigenvalue weighted by molar-refractivity contribution is -0.116. The van der Waals surface area contributed by atoms with Gasteiger partial charge in [0.2, 0.25) is 5.91 Å². The van der Waals surface area contributed by atoms with Gasteiger partial charge in [0.15, 0.2) is 11.6 Å². The molecule has 8 heteroatoms. The van der Waals surface area contributed by atoms with Gasteiger partial charge in [-0.25, -0.2) is 17.2 Å². The third kappa shape index (κ3) is 3.21. The van der Waals surface area contributed by atoms with Gasteiger partial charge in [-0.3, -0.25) is 9.52 Å². The van der Waals surface area contributed by atoms with E-state index in [0.717, 1.165) is 23.8 Å². The molecule has 2 aromatic carbocycles. The van der Waals surface area contributed by atoms with Crippen LogP contribution in [0.15, 0.2) is 41.3 Å². The highest BCUT2D eigenvalue weighted by Gasteiger charge is 2.30. The summed E-state index contributed by atoms with van der Waals surface area (Å²) in [4.78, 5) is 13.3. The van der Waals surface area contributed by atoms with E-state index in [1.807, 2.05) is 6.92 Å². The van der Waals surface area contributed by atoms with E-state index in [1.165, 1.54) is 19.1 Å². The van der Waals surface area contributed by atoms with Gasteiger partial charge >= 0.3 is 0 Å². The number of carbonyl (C=O) groups is 1. The molecule has 0 saturated heterocycles. The molecule has 0 saturated carbocycles. The van der Waals surface area contributed by atoms with Crippen LogP contribution in [-0.2, 0) is 21.2 Å². The third-order valence-corrected chi connectivity index (χ3v) is 5.47. The Bertz CT molecular complexity index is 960. The molecular weight excluding hydrogens is 350 g/mol. The van der Waals surface area contributed by atoms with Crippen LogP contribution in [0.4, 0.5) is 20.2 Å². The first kappa shape index (κ1) is 17.3. The van der Waals surface area contributed by atoms with E-state index >= 15 is 0 Å². The van der Waals surface area contributed by atoms with Crippen LogP contribution in [0.1, 0.15) is 19.4 Å². The fourth-order valence-corrected chi connectivity index (χ4v) is 4.13. The van der Waals surface area contributed by atoms with Crippen LogP contribution in [-0.4, -0.2) is 20.4 Å². The lowest BCUT2D eigenvalue weighted by Crippen LogP contribution is -2.33. The molecule has 132 valence electrons. The number of nitrogens with one attached hydrogen (secondary N) is 1. The molecule has 0 spiro atoms. The highest BCUT2D eigenvalue weighted by Crippen LogP contribution is 2.34. The number of hydrogen-bond donors (Lipinski definition) is 1. The first-order valence-electron chi connectivity index (χ1n) is 7.59. The highest BCUT2D eigenvalue weighted by atomic mass is 32.2. The summed E-state index contributed by atoms with van der Waals surface area (Å²) < 4.78 is 53.4. The Hall–Kier alpha value is -2.48. The van der Waals surface area contributed by atoms with Crippen molar-refractivity contribution in [1.82, 2.24) is 0 Å². The van der Waals surface area contributed by atoms with Crippen LogP contribution in [0, 0.1) is 11.6 Å². The maximum atomic E-state index is 13.3. The van der Waals surface area contributed by atoms with Gasteiger partial charge in [-0.2, -0.15) is 0 Å². The SMILES string of the molecule is CC(=O)N1c2ccc(S(=O)(=O)Nc3ccc(F)c(F)c3)cc2C[C@@H]1C. The third-order valence-electron chi connectivity index (χ3n) is 4.09. The first-order chi connectivity index (χ1) is 11.7. The van der Waals surface area contributed by atoms with Crippen molar-refractivity contribution in [3.8, 4) is 0 Å². The van der Waals surface area contributed by atoms with E-state index in [4.69, 9.17) is 0 Å². The molecule has 1 atom stereocenters. The van der Waals surface area contributed by atoms with Crippen molar-refractivity contribution < 1.29 is 22.0 Å². The average molecular weight is 366 g/mol. The minimum Gasteiger partial charge on any atom is -0.309 e. The first-order valence-corrected chi connectivity index (χ1v) is 9.08. The van der Waals surface area contributed by atoms with Gasteiger partial charge in [0.1, 0.15) is 0 Å². The fraction of sp³-hybridized carbons (Fsp3) is 0.235. The van der Waals surface area contributed by atoms with E-state index < -0.39 is 21.7 Å². The molecule has 2 aromatic rings. The van der Waals surface area contributed by atoms with Crippen molar-refractivity contribution in [1.29, 1.82) is 0 Å². The molecular formula is C17H16F2N2O3S. The number of sulfonamides is 1. The zero-order valence-corrected chi connectivity index (χ0v) is 14.4. The predicted molar refractivity (Wildman–Crippen MR) is 89.9 cm³/mol. The van der Waals surface area contributed by atoms with Gasteiger partial charge in [-0.1, -0.05) is 0 Å². The second-order valence-electron chi connectivity index (χ2n) is 5.97. The number of rotatable bonds is 3. The zero-order chi connectivity index (χ0) is 18.4. The lowest BCUT2D eigenvalue weighted by atomic mass is 10.1. The highest BCUT2D eigenvalue weighted by molar-refractivity contribution is 7.92. The van der Waals surface area contributed by atoms with Crippen LogP contribution in [0.3, 0.4) is 0 Å². The average Bonchev–Trinajstić information content (AvgIpc) is 2.85. The van der Waals surface area contributed by atoms with E-state index in [0.29, 0.717) is 12.1 Å². The van der Waals surface area contributed by atoms with Gasteiger partial charge in [-0.15, -0.1) is 0 Å². The molecule has 0 fully saturated rings. The summed E-state index contributed by atoms with van der Waals surface area (Å²) in [6.07, 6.45) is 0.545. The van der Waals surface area contributed by atoms with Gasteiger partial charge in [0.05, 0.1) is 10.6 Å². The molecule has 5 nitrogen and oxygen atoms in total. The summed E-state index contributed by atoms with van der Waals surface area (Å²) in [5.74, 6) is -2.30. The molecule has 25 heavy (non-hydrogen) atoms. The quantitative estimate of drug-likeness (QED) is 0.908. The molecule has 3 rings (SSSR count). The minimum absolute atomic E-state index is 0.00594. The molecule has 1 heterocycles. The Kier molecular flexibility index (Phi) is 4.24. The number of carbonyl (C=O) groups excluding carboxylic acids is 1. The Morgan fingerprint density at radius 1 is 1.16 bits per heavy atom. The summed E-state index contributed by atoms with van der Waals surface area (Å²) in [5.41, 5.74) is 1.36. The summed E-state index contributed by atoms with van der Waals surface area (Å²) in [6.45, 7) is 3.34. The number of hydrogen-bond acceptors (Lipinski definition) is 3. The minimum atomic E-state index is -3.96. The zero-order valence-electron chi connectivity index (χ0n) is 13.6. The van der Waals surface area contributed by atoms with Gasteiger partial charge in [0.25, 0.3) is 10.0 Å². The lowest BCUT2D eigenvalue weighted by Gasteiger charge is -2.20. The number of benzene rings is 2. The molecule has 1 aliphatic heterocycles. The number of anilines is 2.